The molecular formula is C29H38ClN3O5. The highest BCUT2D eigenvalue weighted by Gasteiger charge is 2.72. The van der Waals surface area contributed by atoms with E-state index in [1.807, 2.05) is 19.1 Å². The van der Waals surface area contributed by atoms with Gasteiger partial charge in [0, 0.05) is 36.5 Å². The molecule has 1 saturated carbocycles. The molecule has 1 aliphatic carbocycles. The summed E-state index contributed by atoms with van der Waals surface area (Å²) in [4.78, 5) is 43.1. The van der Waals surface area contributed by atoms with Crippen LogP contribution in [0.2, 0.25) is 5.02 Å². The van der Waals surface area contributed by atoms with Crippen molar-refractivity contribution in [1.29, 1.82) is 0 Å². The third-order valence-electron chi connectivity index (χ3n) is 8.96. The minimum absolute atomic E-state index is 0.0497. The first-order valence-electron chi connectivity index (χ1n) is 13.9. The number of rotatable bonds is 9. The number of benzene rings is 1. The molecule has 8 unspecified atom stereocenters. The van der Waals surface area contributed by atoms with Crippen molar-refractivity contribution >= 4 is 35.0 Å². The molecule has 0 aromatic heterocycles. The summed E-state index contributed by atoms with van der Waals surface area (Å²) < 4.78 is 11.9. The van der Waals surface area contributed by atoms with Crippen LogP contribution in [0.3, 0.4) is 0 Å². The molecule has 2 saturated heterocycles. The molecule has 206 valence electrons. The maximum absolute atomic E-state index is 14.0. The number of anilines is 1. The van der Waals surface area contributed by atoms with Gasteiger partial charge in [0.05, 0.1) is 17.9 Å². The molecule has 38 heavy (non-hydrogen) atoms. The minimum Gasteiger partial charge on any atom is -0.382 e. The smallest absolute Gasteiger partial charge is 0.246 e. The number of hydrogen-bond donors (Lipinski definition) is 2. The van der Waals surface area contributed by atoms with Crippen molar-refractivity contribution in [3.05, 3.63) is 41.4 Å². The van der Waals surface area contributed by atoms with Gasteiger partial charge in [0.2, 0.25) is 17.7 Å². The Kier molecular flexibility index (Phi) is 7.85. The summed E-state index contributed by atoms with van der Waals surface area (Å²) in [5, 5.41) is 6.77. The van der Waals surface area contributed by atoms with Crippen LogP contribution >= 0.6 is 11.6 Å². The zero-order valence-corrected chi connectivity index (χ0v) is 23.1. The van der Waals surface area contributed by atoms with E-state index in [1.165, 1.54) is 0 Å². The maximum atomic E-state index is 14.0. The van der Waals surface area contributed by atoms with Crippen LogP contribution in [-0.4, -0.2) is 66.2 Å². The molecule has 1 aromatic carbocycles. The van der Waals surface area contributed by atoms with E-state index >= 15 is 0 Å². The number of nitrogens with one attached hydrogen (secondary N) is 2. The SMILES string of the molecule is CCOCCCN1C(=O)C2C(C(=O)Nc3ccc(Cl)cc3)C3C=CC2(O3)C1C(=O)NC1CCCC(C)C1C. The van der Waals surface area contributed by atoms with E-state index < -0.39 is 29.6 Å². The summed E-state index contributed by atoms with van der Waals surface area (Å²) in [5.74, 6) is -1.35. The molecule has 2 N–H and O–H groups in total. The van der Waals surface area contributed by atoms with Crippen molar-refractivity contribution in [2.24, 2.45) is 23.7 Å². The normalized spacial score (nSPS) is 35.4. The van der Waals surface area contributed by atoms with E-state index in [4.69, 9.17) is 21.1 Å². The molecule has 3 heterocycles. The van der Waals surface area contributed by atoms with Crippen LogP contribution in [0.1, 0.15) is 46.5 Å². The molecule has 8 nitrogen and oxygen atoms in total. The number of likely N-dealkylation sites (tertiary alicyclic amines) is 1. The van der Waals surface area contributed by atoms with Gasteiger partial charge >= 0.3 is 0 Å². The fourth-order valence-electron chi connectivity index (χ4n) is 6.80. The largest absolute Gasteiger partial charge is 0.382 e. The van der Waals surface area contributed by atoms with E-state index in [0.29, 0.717) is 48.7 Å². The van der Waals surface area contributed by atoms with Crippen LogP contribution in [0, 0.1) is 23.7 Å². The van der Waals surface area contributed by atoms with E-state index in [-0.39, 0.29) is 23.8 Å². The minimum atomic E-state index is -1.16. The van der Waals surface area contributed by atoms with Crippen LogP contribution in [-0.2, 0) is 23.9 Å². The monoisotopic (exact) mass is 543 g/mol. The van der Waals surface area contributed by atoms with Crippen molar-refractivity contribution < 1.29 is 23.9 Å². The standard InChI is InChI=1S/C29H38ClN3O5/c1-4-37-16-6-15-33-25(27(35)32-21-8-5-7-17(2)18(21)3)29-14-13-22(38-29)23(24(29)28(33)36)26(34)31-20-11-9-19(30)10-12-20/h9-14,17-18,21-25H,4-8,15-16H2,1-3H3,(H,31,34)(H,32,35). The van der Waals surface area contributed by atoms with Crippen molar-refractivity contribution in [2.75, 3.05) is 25.1 Å². The van der Waals surface area contributed by atoms with E-state index in [0.717, 1.165) is 19.3 Å². The number of nitrogens with zero attached hydrogens (tertiary/aromatic N) is 1. The van der Waals surface area contributed by atoms with Gasteiger partial charge in [0.1, 0.15) is 11.6 Å². The number of carbonyl (C=O) groups is 3. The lowest BCUT2D eigenvalue weighted by molar-refractivity contribution is -0.141. The van der Waals surface area contributed by atoms with Gasteiger partial charge in [-0.25, -0.2) is 0 Å². The Labute approximate surface area is 229 Å². The predicted molar refractivity (Wildman–Crippen MR) is 145 cm³/mol. The quantitative estimate of drug-likeness (QED) is 0.365. The van der Waals surface area contributed by atoms with Crippen molar-refractivity contribution in [3.8, 4) is 0 Å². The Balaban J connectivity index is 1.41. The predicted octanol–water partition coefficient (Wildman–Crippen LogP) is 3.80. The maximum Gasteiger partial charge on any atom is 0.246 e. The molecule has 3 amide bonds. The van der Waals surface area contributed by atoms with Crippen LogP contribution in [0.25, 0.3) is 0 Å². The summed E-state index contributed by atoms with van der Waals surface area (Å²) >= 11 is 5.99. The number of amides is 3. The zero-order chi connectivity index (χ0) is 27.0. The molecule has 2 bridgehead atoms. The van der Waals surface area contributed by atoms with Gasteiger partial charge in [-0.2, -0.15) is 0 Å². The van der Waals surface area contributed by atoms with Gasteiger partial charge in [-0.05, 0) is 55.9 Å². The molecule has 3 fully saturated rings. The van der Waals surface area contributed by atoms with Gasteiger partial charge in [0.25, 0.3) is 0 Å². The average molecular weight is 544 g/mol. The van der Waals surface area contributed by atoms with Gasteiger partial charge in [-0.1, -0.05) is 50.4 Å². The topological polar surface area (TPSA) is 97.0 Å². The molecule has 1 spiro atoms. The number of hydrogen-bond acceptors (Lipinski definition) is 5. The second kappa shape index (κ2) is 11.0. The number of ether oxygens (including phenoxy) is 2. The lowest BCUT2D eigenvalue weighted by Crippen LogP contribution is -2.58. The molecule has 5 rings (SSSR count). The van der Waals surface area contributed by atoms with E-state index in [1.54, 1.807) is 29.2 Å². The molecule has 8 atom stereocenters. The molecule has 4 aliphatic rings. The third-order valence-corrected chi connectivity index (χ3v) is 9.22. The Morgan fingerprint density at radius 1 is 1.18 bits per heavy atom. The lowest BCUT2D eigenvalue weighted by Gasteiger charge is -2.38. The lowest BCUT2D eigenvalue weighted by atomic mass is 9.73. The van der Waals surface area contributed by atoms with Gasteiger partial charge in [-0.3, -0.25) is 14.4 Å². The van der Waals surface area contributed by atoms with Gasteiger partial charge < -0.3 is 25.0 Å². The first kappa shape index (κ1) is 27.2. The van der Waals surface area contributed by atoms with Crippen molar-refractivity contribution in [3.63, 3.8) is 0 Å². The molecular weight excluding hydrogens is 506 g/mol. The Bertz CT molecular complexity index is 1090. The van der Waals surface area contributed by atoms with E-state index in [9.17, 15) is 14.4 Å². The third kappa shape index (κ3) is 4.75. The molecule has 0 radical (unpaired) electrons. The summed E-state index contributed by atoms with van der Waals surface area (Å²) in [6, 6.07) is 6.06. The fraction of sp³-hybridized carbons (Fsp3) is 0.621. The van der Waals surface area contributed by atoms with Gasteiger partial charge in [-0.15, -0.1) is 0 Å². The fourth-order valence-corrected chi connectivity index (χ4v) is 6.92. The summed E-state index contributed by atoms with van der Waals surface area (Å²) in [6.07, 6.45) is 6.87. The first-order chi connectivity index (χ1) is 18.3. The number of carbonyl (C=O) groups excluding carboxylic acids is 3. The Morgan fingerprint density at radius 3 is 2.68 bits per heavy atom. The summed E-state index contributed by atoms with van der Waals surface area (Å²) in [7, 11) is 0. The van der Waals surface area contributed by atoms with Crippen LogP contribution < -0.4 is 10.6 Å². The molecule has 9 heteroatoms. The van der Waals surface area contributed by atoms with Crippen molar-refractivity contribution in [2.45, 2.75) is 70.2 Å². The second-order valence-electron chi connectivity index (χ2n) is 11.2. The van der Waals surface area contributed by atoms with Crippen molar-refractivity contribution in [1.82, 2.24) is 10.2 Å². The highest BCUT2D eigenvalue weighted by molar-refractivity contribution is 6.30. The Morgan fingerprint density at radius 2 is 1.95 bits per heavy atom. The Hall–Kier alpha value is -2.42. The van der Waals surface area contributed by atoms with Gasteiger partial charge in [0.15, 0.2) is 0 Å². The summed E-state index contributed by atoms with van der Waals surface area (Å²) in [5.41, 5.74) is -0.572. The highest BCUT2D eigenvalue weighted by Crippen LogP contribution is 2.55. The van der Waals surface area contributed by atoms with Crippen LogP contribution in [0.15, 0.2) is 36.4 Å². The van der Waals surface area contributed by atoms with Crippen LogP contribution in [0.5, 0.6) is 0 Å². The molecule has 1 aromatic rings. The van der Waals surface area contributed by atoms with E-state index in [2.05, 4.69) is 24.5 Å². The number of halogens is 1. The first-order valence-corrected chi connectivity index (χ1v) is 14.3. The summed E-state index contributed by atoms with van der Waals surface area (Å²) in [6.45, 7) is 7.77. The average Bonchev–Trinajstić information content (AvgIpc) is 3.53. The molecule has 3 aliphatic heterocycles. The second-order valence-corrected chi connectivity index (χ2v) is 11.6. The highest BCUT2D eigenvalue weighted by atomic mass is 35.5. The number of fused-ring (bicyclic) bond motifs is 1. The van der Waals surface area contributed by atoms with Crippen LogP contribution in [0.4, 0.5) is 5.69 Å². The zero-order valence-electron chi connectivity index (χ0n) is 22.3.